The number of hydrogen-bond donors (Lipinski definition) is 0. The Kier molecular flexibility index (Phi) is 16.9. The summed E-state index contributed by atoms with van der Waals surface area (Å²) in [5.41, 5.74) is 8.10. The van der Waals surface area contributed by atoms with Gasteiger partial charge in [0.05, 0.1) is 42.7 Å². The second-order valence-corrected chi connectivity index (χ2v) is 14.8. The molecule has 47 heavy (non-hydrogen) atoms. The number of halogens is 3. The van der Waals surface area contributed by atoms with Gasteiger partial charge < -0.3 is 65.6 Å². The van der Waals surface area contributed by atoms with E-state index in [1.165, 1.54) is 27.4 Å². The molecule has 11 heteroatoms. The van der Waals surface area contributed by atoms with Crippen LogP contribution in [0.2, 0.25) is 0 Å². The van der Waals surface area contributed by atoms with Crippen LogP contribution in [-0.4, -0.2) is 50.7 Å². The average Bonchev–Trinajstić information content (AvgIpc) is 3.20. The number of benzene rings is 3. The Balaban J connectivity index is 0.00000529. The summed E-state index contributed by atoms with van der Waals surface area (Å²) in [6.07, 6.45) is 0. The van der Waals surface area contributed by atoms with E-state index in [1.807, 2.05) is 18.2 Å². The van der Waals surface area contributed by atoms with Crippen molar-refractivity contribution < 1.29 is 87.4 Å². The summed E-state index contributed by atoms with van der Waals surface area (Å²) < 4.78 is 36.1. The molecule has 0 aliphatic carbocycles. The van der Waals surface area contributed by atoms with Crippen molar-refractivity contribution in [1.29, 1.82) is 0 Å². The van der Waals surface area contributed by atoms with Crippen molar-refractivity contribution in [2.75, 3.05) is 42.7 Å². The summed E-state index contributed by atoms with van der Waals surface area (Å²) in [7, 11) is 6.90. The Labute approximate surface area is 315 Å². The van der Waals surface area contributed by atoms with Crippen LogP contribution in [0.25, 0.3) is 0 Å². The van der Waals surface area contributed by atoms with Crippen molar-refractivity contribution >= 4 is 28.8 Å². The minimum Gasteiger partial charge on any atom is -1.00 e. The fourth-order valence-electron chi connectivity index (χ4n) is 6.67. The van der Waals surface area contributed by atoms with Gasteiger partial charge in [0.1, 0.15) is 34.5 Å². The van der Waals surface area contributed by atoms with Crippen LogP contribution in [0, 0.1) is 48.5 Å². The maximum absolute atomic E-state index is 6.25. The Morgan fingerprint density at radius 2 is 0.723 bits per heavy atom. The molecule has 4 aromatic rings. The standard InChI is InChI=1S/C36H45O6Si.3ClH.Ti/c1-20-14-33(30(40-11)17-27(20)37-8)43(36-25(6)23(4)24(5)26(36)7,34-15-21(2)28(38-9)18-31(34)41-12)35-16-22(3)29(39-10)19-32(35)42-13;;;;/h14-19H,1-13H3;3*1H;/q-1;;;;+4/p-3. The summed E-state index contributed by atoms with van der Waals surface area (Å²) in [6.45, 7) is 15.1. The van der Waals surface area contributed by atoms with Gasteiger partial charge in [0.15, 0.2) is 8.07 Å². The Bertz CT molecular complexity index is 1510. The number of hydrogen-bond acceptors (Lipinski definition) is 6. The molecule has 0 atom stereocenters. The number of ether oxygens (including phenoxy) is 6. The zero-order valence-electron chi connectivity index (χ0n) is 29.5. The maximum Gasteiger partial charge on any atom is 4.00 e. The predicted molar refractivity (Wildman–Crippen MR) is 178 cm³/mol. The van der Waals surface area contributed by atoms with Crippen LogP contribution in [0.15, 0.2) is 36.4 Å². The minimum absolute atomic E-state index is 0. The third-order valence-electron chi connectivity index (χ3n) is 9.18. The predicted octanol–water partition coefficient (Wildman–Crippen LogP) is -4.00. The molecule has 0 saturated carbocycles. The van der Waals surface area contributed by atoms with Crippen LogP contribution in [0.5, 0.6) is 34.5 Å². The Hall–Kier alpha value is -2.39. The van der Waals surface area contributed by atoms with Crippen molar-refractivity contribution in [3.8, 4) is 34.5 Å². The van der Waals surface area contributed by atoms with Crippen molar-refractivity contribution in [2.45, 2.75) is 48.5 Å². The molecule has 0 unspecified atom stereocenters. The fourth-order valence-corrected chi connectivity index (χ4v) is 12.8. The van der Waals surface area contributed by atoms with Gasteiger partial charge in [-0.05, 0) is 53.0 Å². The zero-order valence-corrected chi connectivity index (χ0v) is 34.4. The van der Waals surface area contributed by atoms with Gasteiger partial charge in [-0.25, -0.2) is 0 Å². The topological polar surface area (TPSA) is 55.4 Å². The summed E-state index contributed by atoms with van der Waals surface area (Å²) in [5.74, 6) is 4.54. The maximum atomic E-state index is 6.25. The molecule has 0 N–H and O–H groups in total. The number of methoxy groups -OCH3 is 6. The summed E-state index contributed by atoms with van der Waals surface area (Å²) in [5, 5.41) is 4.52. The molecule has 4 rings (SSSR count). The third kappa shape index (κ3) is 7.31. The van der Waals surface area contributed by atoms with Gasteiger partial charge in [0, 0.05) is 18.2 Å². The van der Waals surface area contributed by atoms with E-state index in [2.05, 4.69) is 66.7 Å². The van der Waals surface area contributed by atoms with E-state index in [-0.39, 0.29) is 58.9 Å². The van der Waals surface area contributed by atoms with Crippen LogP contribution in [0.4, 0.5) is 0 Å². The first-order valence-corrected chi connectivity index (χ1v) is 16.4. The molecular weight excluding hydrogens is 711 g/mol. The van der Waals surface area contributed by atoms with Gasteiger partial charge >= 0.3 is 21.7 Å². The molecule has 0 bridgehead atoms. The molecule has 0 radical (unpaired) electrons. The molecule has 0 aromatic heterocycles. The average molecular weight is 756 g/mol. The first-order chi connectivity index (χ1) is 20.5. The van der Waals surface area contributed by atoms with Crippen LogP contribution in [0.1, 0.15) is 38.9 Å². The van der Waals surface area contributed by atoms with E-state index >= 15 is 0 Å². The monoisotopic (exact) mass is 754 g/mol. The SMILES string of the molecule is COc1cc(OC)c([Si](c2cc(C)c(OC)cc2OC)(c2cc(C)c(OC)cc2OC)c2c(C)c(C)c(C)[c-]2C)cc1C.[Cl-].[Cl-].[Cl-].[Ti+4]. The van der Waals surface area contributed by atoms with Crippen molar-refractivity contribution in [2.24, 2.45) is 0 Å². The largest absolute Gasteiger partial charge is 4.00 e. The minimum atomic E-state index is -3.34. The third-order valence-corrected chi connectivity index (χ3v) is 14.3. The van der Waals surface area contributed by atoms with Gasteiger partial charge in [-0.1, -0.05) is 45.9 Å². The molecule has 4 aromatic carbocycles. The van der Waals surface area contributed by atoms with E-state index < -0.39 is 8.07 Å². The van der Waals surface area contributed by atoms with Crippen molar-refractivity contribution in [1.82, 2.24) is 0 Å². The molecular formula is C36H45Cl3O6SiTi. The number of rotatable bonds is 10. The van der Waals surface area contributed by atoms with E-state index in [1.54, 1.807) is 42.7 Å². The number of aryl methyl sites for hydroxylation is 3. The molecule has 0 heterocycles. The van der Waals surface area contributed by atoms with Crippen molar-refractivity contribution in [3.63, 3.8) is 0 Å². The van der Waals surface area contributed by atoms with Gasteiger partial charge in [0.25, 0.3) is 0 Å². The smallest absolute Gasteiger partial charge is 1.00 e. The quantitative estimate of drug-likeness (QED) is 0.0937. The van der Waals surface area contributed by atoms with Crippen molar-refractivity contribution in [3.05, 3.63) is 75.3 Å². The van der Waals surface area contributed by atoms with Gasteiger partial charge in [-0.3, -0.25) is 0 Å². The van der Waals surface area contributed by atoms with Crippen LogP contribution >= 0.6 is 0 Å². The van der Waals surface area contributed by atoms with Crippen LogP contribution < -0.4 is 86.4 Å². The van der Waals surface area contributed by atoms with Crippen LogP contribution in [-0.2, 0) is 21.7 Å². The Morgan fingerprint density at radius 1 is 0.447 bits per heavy atom. The molecule has 6 nitrogen and oxygen atoms in total. The zero-order chi connectivity index (χ0) is 31.8. The molecule has 0 amide bonds. The molecule has 0 fully saturated rings. The summed E-state index contributed by atoms with van der Waals surface area (Å²) >= 11 is 0. The van der Waals surface area contributed by atoms with Crippen LogP contribution in [0.3, 0.4) is 0 Å². The summed E-state index contributed by atoms with van der Waals surface area (Å²) in [4.78, 5) is 0. The fraction of sp³-hybridized carbons (Fsp3) is 0.361. The summed E-state index contributed by atoms with van der Waals surface area (Å²) in [6, 6.07) is 12.7. The normalized spacial score (nSPS) is 10.4. The molecule has 254 valence electrons. The second-order valence-electron chi connectivity index (χ2n) is 11.2. The molecule has 0 saturated heterocycles. The molecule has 0 aliphatic heterocycles. The van der Waals surface area contributed by atoms with Gasteiger partial charge in [-0.15, -0.1) is 0 Å². The molecule has 0 spiro atoms. The first kappa shape index (κ1) is 44.6. The Morgan fingerprint density at radius 3 is 0.936 bits per heavy atom. The van der Waals surface area contributed by atoms with E-state index in [4.69, 9.17) is 28.4 Å². The van der Waals surface area contributed by atoms with E-state index in [0.29, 0.717) is 0 Å². The van der Waals surface area contributed by atoms with Gasteiger partial charge in [0.2, 0.25) is 0 Å². The van der Waals surface area contributed by atoms with E-state index in [9.17, 15) is 0 Å². The van der Waals surface area contributed by atoms with Gasteiger partial charge in [-0.2, -0.15) is 27.4 Å². The first-order valence-electron chi connectivity index (χ1n) is 14.4. The second kappa shape index (κ2) is 17.8. The van der Waals surface area contributed by atoms with E-state index in [0.717, 1.165) is 66.7 Å². The molecule has 0 aliphatic rings.